The Morgan fingerprint density at radius 1 is 0.677 bits per heavy atom. The number of rotatable bonds is 8. The Labute approximate surface area is 385 Å². The van der Waals surface area contributed by atoms with E-state index in [4.69, 9.17) is 0 Å². The van der Waals surface area contributed by atoms with Crippen LogP contribution in [0.25, 0.3) is 0 Å². The summed E-state index contributed by atoms with van der Waals surface area (Å²) in [6, 6.07) is 0. The van der Waals surface area contributed by atoms with Crippen molar-refractivity contribution in [2.45, 2.75) is 207 Å². The largest absolute Gasteiger partial charge is 0.390 e. The Morgan fingerprint density at radius 3 is 1.53 bits per heavy atom. The van der Waals surface area contributed by atoms with Crippen LogP contribution in [-0.2, 0) is 26.0 Å². The number of hydrogen-bond donors (Lipinski definition) is 2. The predicted octanol–water partition coefficient (Wildman–Crippen LogP) is 11.7. The number of aliphatic hydroxyl groups is 2. The van der Waals surface area contributed by atoms with E-state index in [9.17, 15) is 28.2 Å². The third-order valence-electron chi connectivity index (χ3n) is 20.9. The van der Waals surface area contributed by atoms with E-state index < -0.39 is 21.0 Å². The summed E-state index contributed by atoms with van der Waals surface area (Å²) >= 11 is 3.44. The molecule has 62 heavy (non-hydrogen) atoms. The number of carbonyl (C=O) groups excluding carboxylic acids is 2. The lowest BCUT2D eigenvalue weighted by Gasteiger charge is -2.63. The first-order valence-electron chi connectivity index (χ1n) is 24.5. The van der Waals surface area contributed by atoms with E-state index in [1.165, 1.54) is 94.0 Å². The maximum Gasteiger partial charge on any atom is 0.178 e. The van der Waals surface area contributed by atoms with Gasteiger partial charge in [-0.25, -0.2) is 8.42 Å². The van der Waals surface area contributed by atoms with Crippen LogP contribution < -0.4 is 0 Å². The number of alkyl halides is 1. The minimum Gasteiger partial charge on any atom is -0.390 e. The quantitative estimate of drug-likeness (QED) is 0.249. The predicted molar refractivity (Wildman–Crippen MR) is 254 cm³/mol. The van der Waals surface area contributed by atoms with Gasteiger partial charge in [-0.15, -0.1) is 0 Å². The van der Waals surface area contributed by atoms with Crippen molar-refractivity contribution >= 4 is 37.3 Å². The van der Waals surface area contributed by atoms with Crippen LogP contribution in [-0.4, -0.2) is 62.8 Å². The molecule has 8 aliphatic carbocycles. The van der Waals surface area contributed by atoms with Crippen LogP contribution in [0.1, 0.15) is 185 Å². The van der Waals surface area contributed by atoms with Crippen molar-refractivity contribution in [3.05, 3.63) is 12.4 Å². The van der Waals surface area contributed by atoms with Crippen LogP contribution in [0.15, 0.2) is 17.3 Å². The number of ketones is 2. The lowest BCUT2D eigenvalue weighted by molar-refractivity contribution is -0.158. The zero-order chi connectivity index (χ0) is 43.3. The molecule has 0 amide bonds. The highest BCUT2D eigenvalue weighted by Gasteiger charge is 2.64. The molecule has 0 saturated heterocycles. The van der Waals surface area contributed by atoms with Crippen molar-refractivity contribution in [3.8, 4) is 0 Å². The average molecular weight is 948 g/mol. The fourth-order valence-corrected chi connectivity index (χ4v) is 18.9. The summed E-state index contributed by atoms with van der Waals surface area (Å²) in [5, 5.41) is 26.2. The van der Waals surface area contributed by atoms with Gasteiger partial charge >= 0.3 is 0 Å². The number of nitrogens with zero attached hydrogens (tertiary/aromatic N) is 2. The van der Waals surface area contributed by atoms with Gasteiger partial charge in [0.05, 0.1) is 29.3 Å². The molecule has 1 aromatic heterocycles. The lowest BCUT2D eigenvalue weighted by Crippen LogP contribution is -2.56. The molecule has 2 N–H and O–H groups in total. The van der Waals surface area contributed by atoms with Gasteiger partial charge in [0.25, 0.3) is 0 Å². The molecule has 0 aliphatic heterocycles. The summed E-state index contributed by atoms with van der Waals surface area (Å²) < 4.78 is 25.1. The lowest BCUT2D eigenvalue weighted by atomic mass is 9.42. The van der Waals surface area contributed by atoms with Crippen LogP contribution in [0.2, 0.25) is 0 Å². The van der Waals surface area contributed by atoms with Crippen LogP contribution in [0, 0.1) is 80.8 Å². The molecule has 8 aliphatic rings. The maximum absolute atomic E-state index is 13.5. The summed E-state index contributed by atoms with van der Waals surface area (Å²) in [5.41, 5.74) is 0.157. The van der Waals surface area contributed by atoms with Gasteiger partial charge in [0.2, 0.25) is 0 Å². The molecule has 0 bridgehead atoms. The monoisotopic (exact) mass is 947 g/mol. The highest BCUT2D eigenvalue weighted by molar-refractivity contribution is 9.09. The summed E-state index contributed by atoms with van der Waals surface area (Å²) in [5.74, 6) is 6.73. The molecule has 0 aromatic carbocycles. The van der Waals surface area contributed by atoms with Crippen molar-refractivity contribution in [2.75, 3.05) is 11.6 Å². The summed E-state index contributed by atoms with van der Waals surface area (Å²) in [4.78, 5) is 26.2. The van der Waals surface area contributed by atoms with E-state index in [-0.39, 0.29) is 54.7 Å². The van der Waals surface area contributed by atoms with E-state index in [0.29, 0.717) is 45.6 Å². The second-order valence-electron chi connectivity index (χ2n) is 23.4. The van der Waals surface area contributed by atoms with Gasteiger partial charge in [-0.3, -0.25) is 14.3 Å². The minimum absolute atomic E-state index is 0. The van der Waals surface area contributed by atoms with Crippen molar-refractivity contribution in [2.24, 2.45) is 80.8 Å². The molecule has 16 atom stereocenters. The fraction of sp³-hybridized carbons (Fsp3) is 0.904. The standard InChI is InChI=1S/C27H42N2O4S.C23H37BrO2.2CH4/c1-5-27-13-12-25(2,31)14-18(27)6-7-20-21-8-9-23(26(21,3)11-10-22(20)27)24(30)17-29-16-19(15-28-29)34(4,32)33;1-4-23-12-11-21(2,26)13-15(23)5-6-16-17-7-8-19(20(25)14-24)22(17,3)10-9-18(16)23;;/h15-16,18,20-23,31H,5-14,17H2,1-4H3;15-19,26H,4-14H2,1-3H3;2*1H4/t18-,20-,21-,22-,23+,25+,26-,27-;15-,16-,17-,18-,19+,21+,22-,23-;;/m00../s1. The van der Waals surface area contributed by atoms with Crippen LogP contribution >= 0.6 is 15.9 Å². The summed E-state index contributed by atoms with van der Waals surface area (Å²) in [6.45, 7) is 13.8. The van der Waals surface area contributed by atoms with Gasteiger partial charge in [-0.2, -0.15) is 5.10 Å². The third-order valence-corrected chi connectivity index (χ3v) is 22.5. The second-order valence-corrected chi connectivity index (χ2v) is 26.0. The third kappa shape index (κ3) is 8.34. The molecule has 0 radical (unpaired) electrons. The zero-order valence-corrected chi connectivity index (χ0v) is 40.6. The van der Waals surface area contributed by atoms with E-state index in [0.717, 1.165) is 81.5 Å². The Bertz CT molecular complexity index is 1900. The Kier molecular flexibility index (Phi) is 14.5. The number of hydrogen-bond acceptors (Lipinski definition) is 7. The smallest absolute Gasteiger partial charge is 0.178 e. The Hall–Kier alpha value is -1.10. The number of carbonyl (C=O) groups is 2. The molecule has 354 valence electrons. The molecular formula is C52H87BrN2O6S. The first-order valence-corrected chi connectivity index (χ1v) is 27.5. The molecule has 8 saturated carbocycles. The number of halogens is 1. The van der Waals surface area contributed by atoms with Crippen LogP contribution in [0.3, 0.4) is 0 Å². The van der Waals surface area contributed by atoms with Crippen LogP contribution in [0.4, 0.5) is 0 Å². The van der Waals surface area contributed by atoms with Gasteiger partial charge in [0.15, 0.2) is 15.6 Å². The SMILES string of the molecule is C.C.CC[C@]12CC[C@@](C)(O)C[C@@H]1CC[C@H]1[C@@H]3CC[C@H](C(=O)CBr)[C@@]3(C)CC[C@@H]12.CC[C@]12CC[C@@](C)(O)C[C@@H]1CC[C@H]1[C@@H]3CC[C@H](C(=O)Cn4cc(S(C)(=O)=O)cn4)[C@@]3(C)CC[C@@H]12. The minimum atomic E-state index is -3.32. The molecule has 0 spiro atoms. The molecule has 8 nitrogen and oxygen atoms in total. The molecule has 9 rings (SSSR count). The van der Waals surface area contributed by atoms with Gasteiger partial charge in [-0.1, -0.05) is 58.5 Å². The molecule has 10 heteroatoms. The van der Waals surface area contributed by atoms with E-state index in [2.05, 4.69) is 55.6 Å². The van der Waals surface area contributed by atoms with Gasteiger partial charge in [-0.05, 0) is 211 Å². The average Bonchev–Trinajstić information content (AvgIpc) is 3.92. The summed E-state index contributed by atoms with van der Waals surface area (Å²) in [7, 11) is -3.32. The van der Waals surface area contributed by atoms with Crippen molar-refractivity contribution in [3.63, 3.8) is 0 Å². The molecular weight excluding hydrogens is 861 g/mol. The highest BCUT2D eigenvalue weighted by Crippen LogP contribution is 2.71. The van der Waals surface area contributed by atoms with Gasteiger partial charge in [0, 0.05) is 24.3 Å². The molecule has 8 fully saturated rings. The fourth-order valence-electron chi connectivity index (χ4n) is 17.9. The Balaban J connectivity index is 0.000000207. The zero-order valence-electron chi connectivity index (χ0n) is 38.2. The van der Waals surface area contributed by atoms with E-state index in [1.807, 2.05) is 6.92 Å². The van der Waals surface area contributed by atoms with Gasteiger partial charge < -0.3 is 10.2 Å². The number of aromatic nitrogens is 2. The molecule has 1 aromatic rings. The first kappa shape index (κ1) is 50.3. The molecule has 1 heterocycles. The van der Waals surface area contributed by atoms with Crippen molar-refractivity contribution < 1.29 is 28.2 Å². The van der Waals surface area contributed by atoms with Gasteiger partial charge in [0.1, 0.15) is 10.7 Å². The number of sulfone groups is 1. The maximum atomic E-state index is 13.5. The van der Waals surface area contributed by atoms with Crippen molar-refractivity contribution in [1.29, 1.82) is 0 Å². The normalized spacial score (nSPS) is 46.7. The van der Waals surface area contributed by atoms with Crippen LogP contribution in [0.5, 0.6) is 0 Å². The van der Waals surface area contributed by atoms with E-state index >= 15 is 0 Å². The van der Waals surface area contributed by atoms with E-state index in [1.54, 1.807) is 0 Å². The number of Topliss-reactive ketones (excluding diaryl/α,β-unsaturated/α-hetero) is 2. The van der Waals surface area contributed by atoms with Crippen molar-refractivity contribution in [1.82, 2.24) is 9.78 Å². The second kappa shape index (κ2) is 17.8. The summed E-state index contributed by atoms with van der Waals surface area (Å²) in [6.07, 6.45) is 27.1. The topological polar surface area (TPSA) is 127 Å². The number of fused-ring (bicyclic) bond motifs is 10. The molecule has 0 unspecified atom stereocenters. The first-order chi connectivity index (χ1) is 28.2. The Morgan fingerprint density at radius 2 is 1.13 bits per heavy atom. The highest BCUT2D eigenvalue weighted by atomic mass is 79.9.